The van der Waals surface area contributed by atoms with E-state index in [1.165, 1.54) is 14.2 Å². The van der Waals surface area contributed by atoms with Crippen LogP contribution in [-0.4, -0.2) is 64.2 Å². The molecule has 2 heterocycles. The van der Waals surface area contributed by atoms with E-state index in [4.69, 9.17) is 18.9 Å². The van der Waals surface area contributed by atoms with Gasteiger partial charge in [0.1, 0.15) is 12.2 Å². The minimum absolute atomic E-state index is 0.168. The first kappa shape index (κ1) is 13.2. The highest BCUT2D eigenvalue weighted by molar-refractivity contribution is 5.73. The van der Waals surface area contributed by atoms with Crippen LogP contribution < -0.4 is 0 Å². The van der Waals surface area contributed by atoms with E-state index in [0.717, 1.165) is 0 Å². The normalized spacial score (nSPS) is 35.4. The van der Waals surface area contributed by atoms with E-state index in [9.17, 15) is 9.59 Å². The minimum atomic E-state index is -1.05. The third kappa shape index (κ3) is 2.61. The molecule has 0 radical (unpaired) electrons. The maximum absolute atomic E-state index is 11.2. The standard InChI is InChI=1S/C10H14O8/c1-13-7(11)9-15-3-5(17-9)6-4-16-10(18-6)8(12)14-2/h5-6,9-10H,3-4H2,1-2H3/t5-,6-,9-,10-/m1/s1. The highest BCUT2D eigenvalue weighted by atomic mass is 16.8. The van der Waals surface area contributed by atoms with Crippen molar-refractivity contribution < 1.29 is 38.0 Å². The zero-order valence-corrected chi connectivity index (χ0v) is 9.99. The van der Waals surface area contributed by atoms with E-state index in [2.05, 4.69) is 9.47 Å². The van der Waals surface area contributed by atoms with Gasteiger partial charge in [0.25, 0.3) is 12.6 Å². The van der Waals surface area contributed by atoms with Crippen molar-refractivity contribution in [1.29, 1.82) is 0 Å². The average Bonchev–Trinajstić information content (AvgIpc) is 3.04. The van der Waals surface area contributed by atoms with Gasteiger partial charge in [-0.15, -0.1) is 0 Å². The molecule has 0 aromatic rings. The highest BCUT2D eigenvalue weighted by Gasteiger charge is 2.43. The van der Waals surface area contributed by atoms with Crippen LogP contribution in [0.15, 0.2) is 0 Å². The van der Waals surface area contributed by atoms with Gasteiger partial charge in [-0.2, -0.15) is 0 Å². The van der Waals surface area contributed by atoms with Gasteiger partial charge in [0.05, 0.1) is 27.4 Å². The highest BCUT2D eigenvalue weighted by Crippen LogP contribution is 2.23. The molecule has 8 nitrogen and oxygen atoms in total. The Hall–Kier alpha value is -1.22. The second kappa shape index (κ2) is 5.61. The topological polar surface area (TPSA) is 89.5 Å². The second-order valence-corrected chi connectivity index (χ2v) is 3.73. The molecule has 18 heavy (non-hydrogen) atoms. The molecule has 4 atom stereocenters. The zero-order chi connectivity index (χ0) is 13.1. The predicted molar refractivity (Wildman–Crippen MR) is 53.3 cm³/mol. The molecule has 0 bridgehead atoms. The van der Waals surface area contributed by atoms with Crippen molar-refractivity contribution >= 4 is 11.9 Å². The molecule has 0 spiro atoms. The Morgan fingerprint density at radius 1 is 0.889 bits per heavy atom. The van der Waals surface area contributed by atoms with E-state index in [1.54, 1.807) is 0 Å². The smallest absolute Gasteiger partial charge is 0.363 e. The van der Waals surface area contributed by atoms with Gasteiger partial charge < -0.3 is 28.4 Å². The Bertz CT molecular complexity index is 298. The summed E-state index contributed by atoms with van der Waals surface area (Å²) in [5, 5.41) is 0. The van der Waals surface area contributed by atoms with Crippen molar-refractivity contribution in [3.63, 3.8) is 0 Å². The van der Waals surface area contributed by atoms with Crippen LogP contribution in [0.3, 0.4) is 0 Å². The van der Waals surface area contributed by atoms with Crippen LogP contribution in [0.5, 0.6) is 0 Å². The molecular formula is C10H14O8. The van der Waals surface area contributed by atoms with Crippen molar-refractivity contribution in [2.45, 2.75) is 24.8 Å². The Labute approximate surface area is 103 Å². The molecule has 8 heteroatoms. The number of methoxy groups -OCH3 is 2. The third-order valence-corrected chi connectivity index (χ3v) is 2.62. The molecule has 0 aromatic carbocycles. The maximum Gasteiger partial charge on any atom is 0.363 e. The number of carbonyl (C=O) groups excluding carboxylic acids is 2. The average molecular weight is 262 g/mol. The molecule has 0 aromatic heterocycles. The monoisotopic (exact) mass is 262 g/mol. The van der Waals surface area contributed by atoms with E-state index >= 15 is 0 Å². The van der Waals surface area contributed by atoms with E-state index in [-0.39, 0.29) is 13.2 Å². The second-order valence-electron chi connectivity index (χ2n) is 3.73. The van der Waals surface area contributed by atoms with Crippen LogP contribution in [0, 0.1) is 0 Å². The number of ether oxygens (including phenoxy) is 6. The largest absolute Gasteiger partial charge is 0.465 e. The summed E-state index contributed by atoms with van der Waals surface area (Å²) >= 11 is 0. The molecule has 2 rings (SSSR count). The SMILES string of the molecule is COC(=O)[C@@H]1OC[C@H]([C@H]2CO[C@@H](C(=O)OC)O2)O1. The van der Waals surface area contributed by atoms with Crippen LogP contribution in [0.25, 0.3) is 0 Å². The van der Waals surface area contributed by atoms with E-state index in [0.29, 0.717) is 0 Å². The third-order valence-electron chi connectivity index (χ3n) is 2.62. The summed E-state index contributed by atoms with van der Waals surface area (Å²) in [6.07, 6.45) is -3.07. The number of rotatable bonds is 3. The fourth-order valence-corrected chi connectivity index (χ4v) is 1.67. The van der Waals surface area contributed by atoms with Gasteiger partial charge in [0.2, 0.25) is 0 Å². The predicted octanol–water partition coefficient (Wildman–Crippen LogP) is -1.18. The van der Waals surface area contributed by atoms with E-state index in [1.807, 2.05) is 0 Å². The fourth-order valence-electron chi connectivity index (χ4n) is 1.67. The van der Waals surface area contributed by atoms with Gasteiger partial charge in [0, 0.05) is 0 Å². The summed E-state index contributed by atoms with van der Waals surface area (Å²) in [4.78, 5) is 22.3. The zero-order valence-electron chi connectivity index (χ0n) is 9.99. The van der Waals surface area contributed by atoms with Gasteiger partial charge in [-0.25, -0.2) is 9.59 Å². The lowest BCUT2D eigenvalue weighted by molar-refractivity contribution is -0.179. The lowest BCUT2D eigenvalue weighted by Crippen LogP contribution is -2.33. The summed E-state index contributed by atoms with van der Waals surface area (Å²) in [6, 6.07) is 0. The Morgan fingerprint density at radius 3 is 1.61 bits per heavy atom. The van der Waals surface area contributed by atoms with Gasteiger partial charge >= 0.3 is 11.9 Å². The van der Waals surface area contributed by atoms with Crippen LogP contribution in [0.1, 0.15) is 0 Å². The molecule has 2 saturated heterocycles. The van der Waals surface area contributed by atoms with Crippen molar-refractivity contribution in [2.24, 2.45) is 0 Å². The van der Waals surface area contributed by atoms with E-state index < -0.39 is 36.7 Å². The number of hydrogen-bond acceptors (Lipinski definition) is 8. The molecule has 0 unspecified atom stereocenters. The van der Waals surface area contributed by atoms with Crippen molar-refractivity contribution in [1.82, 2.24) is 0 Å². The first-order valence-electron chi connectivity index (χ1n) is 5.35. The molecule has 2 aliphatic rings. The molecule has 0 amide bonds. The van der Waals surface area contributed by atoms with Gasteiger partial charge in [0.15, 0.2) is 0 Å². The Morgan fingerprint density at radius 2 is 1.28 bits per heavy atom. The van der Waals surface area contributed by atoms with Crippen molar-refractivity contribution in [2.75, 3.05) is 27.4 Å². The van der Waals surface area contributed by atoms with Crippen molar-refractivity contribution in [3.8, 4) is 0 Å². The number of esters is 2. The summed E-state index contributed by atoms with van der Waals surface area (Å²) in [7, 11) is 2.48. The van der Waals surface area contributed by atoms with Gasteiger partial charge in [-0.05, 0) is 0 Å². The molecule has 0 aliphatic carbocycles. The first-order valence-corrected chi connectivity index (χ1v) is 5.35. The fraction of sp³-hybridized carbons (Fsp3) is 0.800. The quantitative estimate of drug-likeness (QED) is 0.587. The first-order chi connectivity index (χ1) is 8.65. The molecular weight excluding hydrogens is 248 g/mol. The molecule has 0 saturated carbocycles. The maximum atomic E-state index is 11.2. The lowest BCUT2D eigenvalue weighted by atomic mass is 10.2. The Kier molecular flexibility index (Phi) is 4.12. The van der Waals surface area contributed by atoms with Crippen LogP contribution in [0.2, 0.25) is 0 Å². The van der Waals surface area contributed by atoms with Crippen molar-refractivity contribution in [3.05, 3.63) is 0 Å². The molecule has 102 valence electrons. The summed E-state index contributed by atoms with van der Waals surface area (Å²) < 4.78 is 29.8. The van der Waals surface area contributed by atoms with Gasteiger partial charge in [-0.3, -0.25) is 0 Å². The molecule has 2 fully saturated rings. The summed E-state index contributed by atoms with van der Waals surface area (Å²) in [5.74, 6) is -1.22. The number of carbonyl (C=O) groups is 2. The summed E-state index contributed by atoms with van der Waals surface area (Å²) in [6.45, 7) is 0.337. The summed E-state index contributed by atoms with van der Waals surface area (Å²) in [5.41, 5.74) is 0. The van der Waals surface area contributed by atoms with Crippen LogP contribution in [0.4, 0.5) is 0 Å². The minimum Gasteiger partial charge on any atom is -0.465 e. The molecule has 0 N–H and O–H groups in total. The Balaban J connectivity index is 1.84. The molecule has 2 aliphatic heterocycles. The van der Waals surface area contributed by atoms with Crippen LogP contribution >= 0.6 is 0 Å². The van der Waals surface area contributed by atoms with Gasteiger partial charge in [-0.1, -0.05) is 0 Å². The number of hydrogen-bond donors (Lipinski definition) is 0. The van der Waals surface area contributed by atoms with Crippen LogP contribution in [-0.2, 0) is 38.0 Å². The lowest BCUT2D eigenvalue weighted by Gasteiger charge is -2.15.